The number of fused-ring (bicyclic) bond motifs is 6. The van der Waals surface area contributed by atoms with Crippen LogP contribution in [0.15, 0.2) is 121 Å². The standard InChI is InChI=1S/C40H36F3N2/c1-38(2)32-23-19-28-12-7-9-14-31(28)37(32)45(5)34(38)15-10-16-35-39(3,25-26-17-21-29(22-18-26)40(41,42)43)36-30-13-8-6-11-27(30)20-24-33(36)44(35)4/h6-24H,25H2,1-5H3/q+1. The third kappa shape index (κ3) is 4.51. The van der Waals surface area contributed by atoms with E-state index in [-0.39, 0.29) is 5.41 Å². The van der Waals surface area contributed by atoms with E-state index < -0.39 is 17.2 Å². The summed E-state index contributed by atoms with van der Waals surface area (Å²) in [6, 6.07) is 31.3. The molecular weight excluding hydrogens is 565 g/mol. The predicted octanol–water partition coefficient (Wildman–Crippen LogP) is 10.1. The lowest BCUT2D eigenvalue weighted by Crippen LogP contribution is -2.29. The van der Waals surface area contributed by atoms with Gasteiger partial charge in [-0.05, 0) is 84.8 Å². The van der Waals surface area contributed by atoms with Gasteiger partial charge in [0.1, 0.15) is 7.05 Å². The number of rotatable bonds is 4. The first-order chi connectivity index (χ1) is 21.4. The molecule has 2 aliphatic heterocycles. The van der Waals surface area contributed by atoms with Crippen LogP contribution < -0.4 is 4.90 Å². The molecule has 0 aromatic heterocycles. The van der Waals surface area contributed by atoms with Crippen LogP contribution in [-0.2, 0) is 23.4 Å². The van der Waals surface area contributed by atoms with Crippen LogP contribution in [0.4, 0.5) is 24.5 Å². The summed E-state index contributed by atoms with van der Waals surface area (Å²) in [6.07, 6.45) is 2.76. The number of alkyl halides is 3. The second-order valence-electron chi connectivity index (χ2n) is 13.1. The van der Waals surface area contributed by atoms with Crippen LogP contribution in [0.5, 0.6) is 0 Å². The Labute approximate surface area is 262 Å². The fourth-order valence-electron chi connectivity index (χ4n) is 7.79. The second-order valence-corrected chi connectivity index (χ2v) is 13.1. The Balaban J connectivity index is 1.34. The quantitative estimate of drug-likeness (QED) is 0.186. The molecule has 1 atom stereocenters. The molecule has 0 N–H and O–H groups in total. The zero-order chi connectivity index (χ0) is 31.7. The van der Waals surface area contributed by atoms with Crippen molar-refractivity contribution in [2.45, 2.75) is 44.2 Å². The highest BCUT2D eigenvalue weighted by molar-refractivity contribution is 6.07. The maximum Gasteiger partial charge on any atom is 0.416 e. The smallest absolute Gasteiger partial charge is 0.347 e. The first kappa shape index (κ1) is 29.1. The Morgan fingerprint density at radius 2 is 1.40 bits per heavy atom. The molecule has 0 aliphatic carbocycles. The van der Waals surface area contributed by atoms with E-state index >= 15 is 0 Å². The zero-order valence-corrected chi connectivity index (χ0v) is 26.2. The van der Waals surface area contributed by atoms with Gasteiger partial charge >= 0.3 is 6.18 Å². The number of anilines is 1. The van der Waals surface area contributed by atoms with Crippen molar-refractivity contribution in [3.8, 4) is 0 Å². The molecule has 2 nitrogen and oxygen atoms in total. The first-order valence-electron chi connectivity index (χ1n) is 15.4. The van der Waals surface area contributed by atoms with Crippen molar-refractivity contribution in [3.63, 3.8) is 0 Å². The number of hydrogen-bond donors (Lipinski definition) is 0. The molecule has 5 aromatic rings. The average Bonchev–Trinajstić information content (AvgIpc) is 3.35. The van der Waals surface area contributed by atoms with Gasteiger partial charge in [-0.1, -0.05) is 78.9 Å². The molecule has 0 amide bonds. The molecule has 0 saturated heterocycles. The zero-order valence-electron chi connectivity index (χ0n) is 26.2. The molecule has 1 unspecified atom stereocenters. The van der Waals surface area contributed by atoms with Gasteiger partial charge in [0.15, 0.2) is 5.71 Å². The van der Waals surface area contributed by atoms with Crippen molar-refractivity contribution in [1.82, 2.24) is 0 Å². The number of likely N-dealkylation sites (N-methyl/N-ethyl adjacent to an activating group) is 1. The maximum absolute atomic E-state index is 13.4. The average molecular weight is 602 g/mol. The highest BCUT2D eigenvalue weighted by atomic mass is 19.4. The van der Waals surface area contributed by atoms with Crippen molar-refractivity contribution in [3.05, 3.63) is 143 Å². The number of allylic oxidation sites excluding steroid dienone is 4. The van der Waals surface area contributed by atoms with Crippen LogP contribution in [0, 0.1) is 0 Å². The molecule has 2 aliphatic rings. The summed E-state index contributed by atoms with van der Waals surface area (Å²) < 4.78 is 42.4. The van der Waals surface area contributed by atoms with Crippen LogP contribution in [0.1, 0.15) is 43.0 Å². The molecule has 0 saturated carbocycles. The summed E-state index contributed by atoms with van der Waals surface area (Å²) in [6.45, 7) is 6.77. The second kappa shape index (κ2) is 10.2. The number of hydrogen-bond acceptors (Lipinski definition) is 1. The third-order valence-corrected chi connectivity index (χ3v) is 10.0. The maximum atomic E-state index is 13.4. The van der Waals surface area contributed by atoms with Gasteiger partial charge in [0, 0.05) is 35.5 Å². The highest BCUT2D eigenvalue weighted by Crippen LogP contribution is 2.52. The van der Waals surface area contributed by atoms with E-state index in [1.807, 2.05) is 6.07 Å². The summed E-state index contributed by atoms with van der Waals surface area (Å²) in [7, 11) is 4.23. The van der Waals surface area contributed by atoms with Crippen LogP contribution in [-0.4, -0.2) is 24.4 Å². The predicted molar refractivity (Wildman–Crippen MR) is 180 cm³/mol. The summed E-state index contributed by atoms with van der Waals surface area (Å²) in [5, 5.41) is 4.78. The van der Waals surface area contributed by atoms with Crippen molar-refractivity contribution < 1.29 is 17.7 Å². The summed E-state index contributed by atoms with van der Waals surface area (Å²) >= 11 is 0. The Bertz CT molecular complexity index is 2080. The molecule has 5 heteroatoms. The Morgan fingerprint density at radius 1 is 0.778 bits per heavy atom. The van der Waals surface area contributed by atoms with Crippen LogP contribution in [0.2, 0.25) is 0 Å². The molecule has 5 aromatic carbocycles. The van der Waals surface area contributed by atoms with Crippen LogP contribution in [0.3, 0.4) is 0 Å². The molecule has 2 heterocycles. The van der Waals surface area contributed by atoms with Gasteiger partial charge in [0.25, 0.3) is 0 Å². The minimum Gasteiger partial charge on any atom is -0.347 e. The third-order valence-electron chi connectivity index (χ3n) is 10.0. The van der Waals surface area contributed by atoms with E-state index in [1.54, 1.807) is 12.1 Å². The Kier molecular flexibility index (Phi) is 6.59. The lowest BCUT2D eigenvalue weighted by molar-refractivity contribution is -0.399. The number of nitrogens with zero attached hydrogens (tertiary/aromatic N) is 2. The van der Waals surface area contributed by atoms with Gasteiger partial charge in [0.05, 0.1) is 16.4 Å². The lowest BCUT2D eigenvalue weighted by atomic mass is 9.74. The molecule has 7 rings (SSSR count). The molecule has 0 bridgehead atoms. The summed E-state index contributed by atoms with van der Waals surface area (Å²) in [5.74, 6) is 0. The fourth-order valence-corrected chi connectivity index (χ4v) is 7.79. The number of halogens is 3. The molecule has 226 valence electrons. The van der Waals surface area contributed by atoms with Gasteiger partial charge in [-0.3, -0.25) is 0 Å². The van der Waals surface area contributed by atoms with Crippen LogP contribution in [0.25, 0.3) is 21.5 Å². The molecule has 0 spiro atoms. The van der Waals surface area contributed by atoms with Gasteiger partial charge < -0.3 is 4.90 Å². The summed E-state index contributed by atoms with van der Waals surface area (Å²) in [4.78, 5) is 2.24. The van der Waals surface area contributed by atoms with Crippen molar-refractivity contribution in [2.75, 3.05) is 19.0 Å². The lowest BCUT2D eigenvalue weighted by Gasteiger charge is -2.29. The SMILES string of the molecule is CN1/C(=C\C=C\C2=[N+](C)c3c(ccc4ccccc34)C2(C)C)C(C)(Cc2ccc(C(F)(F)F)cc2)c2c1ccc1ccccc21. The van der Waals surface area contributed by atoms with E-state index in [9.17, 15) is 13.2 Å². The Morgan fingerprint density at radius 3 is 2.09 bits per heavy atom. The van der Waals surface area contributed by atoms with Crippen LogP contribution >= 0.6 is 0 Å². The Hall–Kier alpha value is -4.64. The monoisotopic (exact) mass is 601 g/mol. The minimum absolute atomic E-state index is 0.187. The van der Waals surface area contributed by atoms with E-state index in [4.69, 9.17) is 0 Å². The van der Waals surface area contributed by atoms with Crippen molar-refractivity contribution in [2.24, 2.45) is 0 Å². The van der Waals surface area contributed by atoms with E-state index in [1.165, 1.54) is 45.4 Å². The normalized spacial score (nSPS) is 20.2. The molecule has 45 heavy (non-hydrogen) atoms. The first-order valence-corrected chi connectivity index (χ1v) is 15.4. The highest BCUT2D eigenvalue weighted by Gasteiger charge is 2.45. The number of benzene rings is 5. The van der Waals surface area contributed by atoms with E-state index in [2.05, 4.69) is 129 Å². The van der Waals surface area contributed by atoms with Gasteiger partial charge in [-0.2, -0.15) is 17.7 Å². The fraction of sp³-hybridized carbons (Fsp3) is 0.225. The molecule has 0 radical (unpaired) electrons. The van der Waals surface area contributed by atoms with Gasteiger partial charge in [0.2, 0.25) is 5.69 Å². The van der Waals surface area contributed by atoms with E-state index in [0.29, 0.717) is 6.42 Å². The van der Waals surface area contributed by atoms with Crippen molar-refractivity contribution in [1.29, 1.82) is 0 Å². The minimum atomic E-state index is -4.36. The van der Waals surface area contributed by atoms with Gasteiger partial charge in [-0.15, -0.1) is 0 Å². The summed E-state index contributed by atoms with van der Waals surface area (Å²) in [5.41, 5.74) is 6.76. The molecule has 0 fully saturated rings. The topological polar surface area (TPSA) is 6.25 Å². The largest absolute Gasteiger partial charge is 0.416 e. The van der Waals surface area contributed by atoms with Gasteiger partial charge in [-0.25, -0.2) is 0 Å². The van der Waals surface area contributed by atoms with E-state index in [0.717, 1.165) is 27.7 Å². The van der Waals surface area contributed by atoms with Crippen molar-refractivity contribution >= 4 is 38.6 Å². The molecular formula is C40H36F3N2+.